The number of nitrogens with one attached hydrogen (secondary N) is 3. The van der Waals surface area contributed by atoms with Crippen molar-refractivity contribution < 1.29 is 4.79 Å². The molecule has 1 aromatic rings. The van der Waals surface area contributed by atoms with Gasteiger partial charge in [0.15, 0.2) is 0 Å². The summed E-state index contributed by atoms with van der Waals surface area (Å²) < 4.78 is 0.996. The molecule has 1 saturated heterocycles. The monoisotopic (exact) mass is 353 g/mol. The number of urea groups is 1. The van der Waals surface area contributed by atoms with Gasteiger partial charge in [-0.1, -0.05) is 15.9 Å². The van der Waals surface area contributed by atoms with Crippen molar-refractivity contribution in [3.8, 4) is 0 Å². The number of hydrogen-bond acceptors (Lipinski definition) is 2. The first-order chi connectivity index (χ1) is 9.65. The van der Waals surface area contributed by atoms with Gasteiger partial charge in [0.1, 0.15) is 0 Å². The van der Waals surface area contributed by atoms with Crippen molar-refractivity contribution in [3.63, 3.8) is 0 Å². The van der Waals surface area contributed by atoms with E-state index >= 15 is 0 Å². The van der Waals surface area contributed by atoms with E-state index in [2.05, 4.69) is 59.6 Å². The van der Waals surface area contributed by atoms with Crippen LogP contribution < -0.4 is 16.0 Å². The van der Waals surface area contributed by atoms with Gasteiger partial charge in [-0.3, -0.25) is 0 Å². The fourth-order valence-electron chi connectivity index (χ4n) is 3.31. The van der Waals surface area contributed by atoms with E-state index in [1.165, 1.54) is 0 Å². The molecule has 0 radical (unpaired) electrons. The number of amides is 2. The average molecular weight is 354 g/mol. The second-order valence-electron chi connectivity index (χ2n) is 7.10. The van der Waals surface area contributed by atoms with Crippen molar-refractivity contribution in [2.75, 3.05) is 5.32 Å². The summed E-state index contributed by atoms with van der Waals surface area (Å²) in [5.41, 5.74) is 0.845. The van der Waals surface area contributed by atoms with E-state index in [0.29, 0.717) is 0 Å². The second kappa shape index (κ2) is 5.97. The Bertz CT molecular complexity index is 495. The van der Waals surface area contributed by atoms with E-state index in [-0.39, 0.29) is 23.2 Å². The molecule has 3 N–H and O–H groups in total. The van der Waals surface area contributed by atoms with Crippen molar-refractivity contribution in [2.45, 2.75) is 57.7 Å². The number of halogens is 1. The molecule has 2 rings (SSSR count). The Kier molecular flexibility index (Phi) is 4.63. The molecule has 5 heteroatoms. The van der Waals surface area contributed by atoms with E-state index in [9.17, 15) is 4.79 Å². The highest BCUT2D eigenvalue weighted by molar-refractivity contribution is 9.10. The van der Waals surface area contributed by atoms with Crippen LogP contribution in [0.3, 0.4) is 0 Å². The molecule has 0 saturated carbocycles. The minimum atomic E-state index is -0.143. The number of piperidine rings is 1. The van der Waals surface area contributed by atoms with Crippen molar-refractivity contribution in [1.82, 2.24) is 10.6 Å². The molecule has 0 aromatic heterocycles. The molecule has 0 atom stereocenters. The molecule has 1 fully saturated rings. The Morgan fingerprint density at radius 1 is 1.14 bits per heavy atom. The minimum Gasteiger partial charge on any atom is -0.335 e. The Labute approximate surface area is 135 Å². The van der Waals surface area contributed by atoms with Crippen molar-refractivity contribution in [1.29, 1.82) is 0 Å². The largest absolute Gasteiger partial charge is 0.335 e. The Morgan fingerprint density at radius 2 is 1.67 bits per heavy atom. The van der Waals surface area contributed by atoms with Crippen molar-refractivity contribution >= 4 is 27.6 Å². The third-order valence-corrected chi connectivity index (χ3v) is 4.16. The molecule has 0 spiro atoms. The standard InChI is InChI=1S/C16H24BrN3O/c1-15(2)9-13(10-16(3,4)20-15)19-14(21)18-12-7-5-11(17)6-8-12/h5-8,13,20H,9-10H2,1-4H3,(H2,18,19,21). The van der Waals surface area contributed by atoms with Crippen LogP contribution in [0.15, 0.2) is 28.7 Å². The first kappa shape index (κ1) is 16.3. The fourth-order valence-corrected chi connectivity index (χ4v) is 3.57. The molecule has 0 unspecified atom stereocenters. The molecule has 2 amide bonds. The summed E-state index contributed by atoms with van der Waals surface area (Å²) >= 11 is 3.38. The van der Waals surface area contributed by atoms with Crippen molar-refractivity contribution in [3.05, 3.63) is 28.7 Å². The number of rotatable bonds is 2. The Morgan fingerprint density at radius 3 is 2.19 bits per heavy atom. The van der Waals surface area contributed by atoms with Crippen LogP contribution in [0.4, 0.5) is 10.5 Å². The van der Waals surface area contributed by atoms with Gasteiger partial charge in [0.05, 0.1) is 0 Å². The van der Waals surface area contributed by atoms with E-state index in [4.69, 9.17) is 0 Å². The summed E-state index contributed by atoms with van der Waals surface area (Å²) in [7, 11) is 0. The smallest absolute Gasteiger partial charge is 0.319 e. The molecule has 0 bridgehead atoms. The van der Waals surface area contributed by atoms with Crippen LogP contribution in [0, 0.1) is 0 Å². The maximum Gasteiger partial charge on any atom is 0.319 e. The van der Waals surface area contributed by atoms with E-state index in [1.807, 2.05) is 24.3 Å². The lowest BCUT2D eigenvalue weighted by molar-refractivity contribution is 0.149. The summed E-state index contributed by atoms with van der Waals surface area (Å²) in [6.45, 7) is 8.70. The molecule has 0 aliphatic carbocycles. The number of benzene rings is 1. The van der Waals surface area contributed by atoms with Gasteiger partial charge in [0, 0.05) is 27.3 Å². The SMILES string of the molecule is CC1(C)CC(NC(=O)Nc2ccc(Br)cc2)CC(C)(C)N1. The molecular formula is C16H24BrN3O. The molecule has 116 valence electrons. The topological polar surface area (TPSA) is 53.2 Å². The summed E-state index contributed by atoms with van der Waals surface area (Å²) in [5, 5.41) is 9.59. The molecular weight excluding hydrogens is 330 g/mol. The highest BCUT2D eigenvalue weighted by Gasteiger charge is 2.38. The van der Waals surface area contributed by atoms with Crippen LogP contribution in [-0.4, -0.2) is 23.2 Å². The molecule has 21 heavy (non-hydrogen) atoms. The van der Waals surface area contributed by atoms with E-state index in [0.717, 1.165) is 23.0 Å². The van der Waals surface area contributed by atoms with Gasteiger partial charge in [-0.2, -0.15) is 0 Å². The first-order valence-electron chi connectivity index (χ1n) is 7.28. The quantitative estimate of drug-likeness (QED) is 0.755. The summed E-state index contributed by atoms with van der Waals surface area (Å²) in [5.74, 6) is 0. The zero-order valence-corrected chi connectivity index (χ0v) is 14.7. The lowest BCUT2D eigenvalue weighted by atomic mass is 9.80. The van der Waals surface area contributed by atoms with Crippen LogP contribution in [0.5, 0.6) is 0 Å². The predicted octanol–water partition coefficient (Wildman–Crippen LogP) is 3.88. The number of hydrogen-bond donors (Lipinski definition) is 3. The third-order valence-electron chi connectivity index (χ3n) is 3.63. The zero-order chi connectivity index (χ0) is 15.7. The predicted molar refractivity (Wildman–Crippen MR) is 90.6 cm³/mol. The maximum atomic E-state index is 12.1. The zero-order valence-electron chi connectivity index (χ0n) is 13.1. The van der Waals surface area contributed by atoms with Gasteiger partial charge < -0.3 is 16.0 Å². The number of carbonyl (C=O) groups excluding carboxylic acids is 1. The number of anilines is 1. The normalized spacial score (nSPS) is 20.8. The molecule has 1 heterocycles. The first-order valence-corrected chi connectivity index (χ1v) is 8.07. The van der Waals surface area contributed by atoms with Gasteiger partial charge in [0.25, 0.3) is 0 Å². The molecule has 1 aliphatic rings. The van der Waals surface area contributed by atoms with E-state index in [1.54, 1.807) is 0 Å². The summed E-state index contributed by atoms with van der Waals surface area (Å²) in [6, 6.07) is 7.60. The average Bonchev–Trinajstić information content (AvgIpc) is 2.27. The Balaban J connectivity index is 1.94. The van der Waals surface area contributed by atoms with Crippen LogP contribution in [-0.2, 0) is 0 Å². The van der Waals surface area contributed by atoms with Crippen LogP contribution in [0.2, 0.25) is 0 Å². The van der Waals surface area contributed by atoms with Gasteiger partial charge in [0.2, 0.25) is 0 Å². The van der Waals surface area contributed by atoms with Gasteiger partial charge in [-0.05, 0) is 64.8 Å². The molecule has 1 aliphatic heterocycles. The van der Waals surface area contributed by atoms with Crippen molar-refractivity contribution in [2.24, 2.45) is 0 Å². The maximum absolute atomic E-state index is 12.1. The van der Waals surface area contributed by atoms with Gasteiger partial charge >= 0.3 is 6.03 Å². The lowest BCUT2D eigenvalue weighted by Crippen LogP contribution is -2.62. The van der Waals surface area contributed by atoms with Crippen LogP contribution >= 0.6 is 15.9 Å². The summed E-state index contributed by atoms with van der Waals surface area (Å²) in [6.07, 6.45) is 1.84. The number of carbonyl (C=O) groups is 1. The molecule has 4 nitrogen and oxygen atoms in total. The fraction of sp³-hybridized carbons (Fsp3) is 0.562. The second-order valence-corrected chi connectivity index (χ2v) is 8.02. The minimum absolute atomic E-state index is 0.0251. The highest BCUT2D eigenvalue weighted by atomic mass is 79.9. The lowest BCUT2D eigenvalue weighted by Gasteiger charge is -2.46. The van der Waals surface area contributed by atoms with E-state index < -0.39 is 0 Å². The Hall–Kier alpha value is -1.07. The molecule has 1 aromatic carbocycles. The van der Waals surface area contributed by atoms with Gasteiger partial charge in [-0.15, -0.1) is 0 Å². The third kappa shape index (κ3) is 5.00. The van der Waals surface area contributed by atoms with Gasteiger partial charge in [-0.25, -0.2) is 4.79 Å². The van der Waals surface area contributed by atoms with Crippen LogP contribution in [0.1, 0.15) is 40.5 Å². The summed E-state index contributed by atoms with van der Waals surface area (Å²) in [4.78, 5) is 12.1. The van der Waals surface area contributed by atoms with Crippen LogP contribution in [0.25, 0.3) is 0 Å². The highest BCUT2D eigenvalue weighted by Crippen LogP contribution is 2.28.